The summed E-state index contributed by atoms with van der Waals surface area (Å²) in [4.78, 5) is 11.6. The monoisotopic (exact) mass is 316 g/mol. The summed E-state index contributed by atoms with van der Waals surface area (Å²) in [5.74, 6) is 0.645. The molecule has 0 aliphatic heterocycles. The molecule has 126 valence electrons. The van der Waals surface area contributed by atoms with Gasteiger partial charge < -0.3 is 8.85 Å². The third-order valence-corrected chi connectivity index (χ3v) is 4.70. The van der Waals surface area contributed by atoms with Crippen molar-refractivity contribution in [1.29, 1.82) is 0 Å². The molecule has 0 saturated heterocycles. The molecule has 0 bridgehead atoms. The number of carbonyl (C=O) groups excluding carboxylic acids is 1. The van der Waals surface area contributed by atoms with Crippen LogP contribution in [0.2, 0.25) is 0 Å². The quantitative estimate of drug-likeness (QED) is 0.329. The van der Waals surface area contributed by atoms with E-state index in [0.29, 0.717) is 12.3 Å². The molecule has 0 N–H and O–H groups in total. The molecule has 0 aromatic carbocycles. The van der Waals surface area contributed by atoms with E-state index in [2.05, 4.69) is 13.8 Å². The summed E-state index contributed by atoms with van der Waals surface area (Å²) in [5, 5.41) is 0. The third-order valence-electron chi connectivity index (χ3n) is 4.03. The molecule has 0 saturated carbocycles. The van der Waals surface area contributed by atoms with Gasteiger partial charge in [-0.15, -0.1) is 0 Å². The molecule has 0 amide bonds. The van der Waals surface area contributed by atoms with Crippen molar-refractivity contribution in [2.75, 3.05) is 7.11 Å². The lowest BCUT2D eigenvalue weighted by molar-refractivity contribution is -0.135. The van der Waals surface area contributed by atoms with E-state index in [0.717, 1.165) is 6.42 Å². The Labute approximate surface area is 134 Å². The van der Waals surface area contributed by atoms with Crippen LogP contribution in [-0.2, 0) is 13.6 Å². The average Bonchev–Trinajstić information content (AvgIpc) is 2.50. The van der Waals surface area contributed by atoms with Crippen molar-refractivity contribution in [1.82, 2.24) is 0 Å². The molecule has 21 heavy (non-hydrogen) atoms. The average molecular weight is 317 g/mol. The van der Waals surface area contributed by atoms with Crippen LogP contribution in [0.4, 0.5) is 0 Å². The van der Waals surface area contributed by atoms with Gasteiger partial charge in [-0.05, 0) is 12.3 Å². The van der Waals surface area contributed by atoms with Crippen LogP contribution in [0.25, 0.3) is 0 Å². The smallest absolute Gasteiger partial charge is 0.368 e. The van der Waals surface area contributed by atoms with Crippen molar-refractivity contribution >= 4 is 16.0 Å². The zero-order valence-electron chi connectivity index (χ0n) is 14.5. The van der Waals surface area contributed by atoms with Crippen molar-refractivity contribution in [2.45, 2.75) is 90.9 Å². The van der Waals surface area contributed by atoms with Gasteiger partial charge in [-0.1, -0.05) is 78.1 Å². The van der Waals surface area contributed by atoms with E-state index in [4.69, 9.17) is 8.85 Å². The maximum absolute atomic E-state index is 11.6. The van der Waals surface area contributed by atoms with E-state index >= 15 is 0 Å². The first kappa shape index (κ1) is 20.6. The summed E-state index contributed by atoms with van der Waals surface area (Å²) in [6, 6.07) is 0. The van der Waals surface area contributed by atoms with Crippen molar-refractivity contribution in [3.8, 4) is 0 Å². The normalized spacial score (nSPS) is 11.6. The highest BCUT2D eigenvalue weighted by Gasteiger charge is 2.12. The van der Waals surface area contributed by atoms with Crippen LogP contribution in [0.5, 0.6) is 0 Å². The van der Waals surface area contributed by atoms with Crippen LogP contribution < -0.4 is 0 Å². The SMILES string of the molecule is CCCCCCC(CCCCCC)CCC(=O)O[SiH2]OC. The molecular formula is C17H36O3Si. The Morgan fingerprint density at radius 2 is 1.48 bits per heavy atom. The second kappa shape index (κ2) is 16.0. The van der Waals surface area contributed by atoms with E-state index in [1.807, 2.05) is 0 Å². The van der Waals surface area contributed by atoms with Crippen LogP contribution in [-0.4, -0.2) is 23.1 Å². The summed E-state index contributed by atoms with van der Waals surface area (Å²) >= 11 is 0. The van der Waals surface area contributed by atoms with Crippen LogP contribution in [0.1, 0.15) is 90.9 Å². The van der Waals surface area contributed by atoms with Crippen molar-refractivity contribution in [3.05, 3.63) is 0 Å². The highest BCUT2D eigenvalue weighted by molar-refractivity contribution is 6.22. The molecule has 4 heteroatoms. The van der Waals surface area contributed by atoms with Crippen LogP contribution in [0.15, 0.2) is 0 Å². The molecule has 0 heterocycles. The molecule has 0 rings (SSSR count). The molecule has 0 spiro atoms. The summed E-state index contributed by atoms with van der Waals surface area (Å²) in [5.41, 5.74) is 0. The highest BCUT2D eigenvalue weighted by atomic mass is 28.3. The van der Waals surface area contributed by atoms with Crippen molar-refractivity contribution < 1.29 is 13.6 Å². The number of unbranched alkanes of at least 4 members (excludes halogenated alkanes) is 6. The molecule has 0 radical (unpaired) electrons. The summed E-state index contributed by atoms with van der Waals surface area (Å²) < 4.78 is 10.0. The highest BCUT2D eigenvalue weighted by Crippen LogP contribution is 2.23. The minimum Gasteiger partial charge on any atom is -0.499 e. The zero-order valence-corrected chi connectivity index (χ0v) is 15.9. The largest absolute Gasteiger partial charge is 0.499 e. The molecule has 0 aromatic rings. The van der Waals surface area contributed by atoms with E-state index in [-0.39, 0.29) is 5.97 Å². The molecule has 0 aliphatic carbocycles. The molecule has 0 unspecified atom stereocenters. The Hall–Kier alpha value is -0.353. The fourth-order valence-electron chi connectivity index (χ4n) is 2.67. The first-order valence-electron chi connectivity index (χ1n) is 8.89. The molecular weight excluding hydrogens is 280 g/mol. The first-order chi connectivity index (χ1) is 10.2. The summed E-state index contributed by atoms with van der Waals surface area (Å²) in [6.45, 7) is 4.50. The van der Waals surface area contributed by atoms with Gasteiger partial charge in [0.15, 0.2) is 0 Å². The maximum atomic E-state index is 11.6. The van der Waals surface area contributed by atoms with Gasteiger partial charge in [0.1, 0.15) is 0 Å². The first-order valence-corrected chi connectivity index (χ1v) is 10.0. The molecule has 0 atom stereocenters. The van der Waals surface area contributed by atoms with Crippen molar-refractivity contribution in [3.63, 3.8) is 0 Å². The predicted octanol–water partition coefficient (Wildman–Crippen LogP) is 4.51. The van der Waals surface area contributed by atoms with E-state index in [1.54, 1.807) is 7.11 Å². The van der Waals surface area contributed by atoms with Crippen LogP contribution in [0, 0.1) is 5.92 Å². The van der Waals surface area contributed by atoms with Gasteiger partial charge in [0.05, 0.1) is 0 Å². The Morgan fingerprint density at radius 3 is 1.95 bits per heavy atom. The minimum absolute atomic E-state index is 0.0596. The second-order valence-corrected chi connectivity index (χ2v) is 7.13. The fraction of sp³-hybridized carbons (Fsp3) is 0.941. The number of carbonyl (C=O) groups is 1. The minimum atomic E-state index is -1.07. The van der Waals surface area contributed by atoms with Gasteiger partial charge in [-0.25, -0.2) is 0 Å². The number of hydrogen-bond donors (Lipinski definition) is 0. The van der Waals surface area contributed by atoms with Crippen LogP contribution in [0.3, 0.4) is 0 Å². The van der Waals surface area contributed by atoms with Gasteiger partial charge in [0.2, 0.25) is 0 Å². The van der Waals surface area contributed by atoms with E-state index in [1.165, 1.54) is 64.2 Å². The Bertz CT molecular complexity index is 222. The third kappa shape index (κ3) is 14.4. The summed E-state index contributed by atoms with van der Waals surface area (Å²) in [7, 11) is 0.535. The zero-order chi connectivity index (χ0) is 15.8. The fourth-order valence-corrected chi connectivity index (χ4v) is 3.07. The molecule has 0 aliphatic rings. The number of rotatable bonds is 15. The molecule has 0 fully saturated rings. The van der Waals surface area contributed by atoms with E-state index < -0.39 is 10.0 Å². The second-order valence-electron chi connectivity index (χ2n) is 6.03. The van der Waals surface area contributed by atoms with Gasteiger partial charge in [0.25, 0.3) is 5.97 Å². The lowest BCUT2D eigenvalue weighted by Crippen LogP contribution is -2.12. The lowest BCUT2D eigenvalue weighted by atomic mass is 9.90. The van der Waals surface area contributed by atoms with Crippen molar-refractivity contribution in [2.24, 2.45) is 5.92 Å². The Morgan fingerprint density at radius 1 is 0.905 bits per heavy atom. The maximum Gasteiger partial charge on any atom is 0.368 e. The van der Waals surface area contributed by atoms with Gasteiger partial charge in [-0.3, -0.25) is 4.79 Å². The van der Waals surface area contributed by atoms with E-state index in [9.17, 15) is 4.79 Å². The molecule has 3 nitrogen and oxygen atoms in total. The van der Waals surface area contributed by atoms with Gasteiger partial charge in [0, 0.05) is 13.5 Å². The van der Waals surface area contributed by atoms with Gasteiger partial charge >= 0.3 is 10.0 Å². The summed E-state index contributed by atoms with van der Waals surface area (Å²) in [6.07, 6.45) is 14.7. The predicted molar refractivity (Wildman–Crippen MR) is 91.9 cm³/mol. The topological polar surface area (TPSA) is 35.5 Å². The lowest BCUT2D eigenvalue weighted by Gasteiger charge is -2.16. The molecule has 0 aromatic heterocycles. The Balaban J connectivity index is 3.89. The van der Waals surface area contributed by atoms with Gasteiger partial charge in [-0.2, -0.15) is 0 Å². The van der Waals surface area contributed by atoms with Crippen LogP contribution >= 0.6 is 0 Å². The standard InChI is InChI=1S/C17H36O3Si/c1-4-6-8-10-12-16(13-11-9-7-5-2)14-15-17(18)20-21-19-3/h16H,4-15,21H2,1-3H3. The Kier molecular flexibility index (Phi) is 15.8. The number of hydrogen-bond acceptors (Lipinski definition) is 3.